The lowest BCUT2D eigenvalue weighted by Crippen LogP contribution is -2.58. The second-order valence-electron chi connectivity index (χ2n) is 13.1. The third-order valence-corrected chi connectivity index (χ3v) is 10.9. The molecule has 1 aromatic carbocycles. The van der Waals surface area contributed by atoms with Crippen molar-refractivity contribution in [2.24, 2.45) is 11.8 Å². The number of amides is 3. The van der Waals surface area contributed by atoms with Crippen molar-refractivity contribution in [3.63, 3.8) is 0 Å². The number of aliphatic hydroxyl groups is 1. The van der Waals surface area contributed by atoms with E-state index in [1.54, 1.807) is 22.0 Å². The van der Waals surface area contributed by atoms with E-state index >= 15 is 0 Å². The van der Waals surface area contributed by atoms with E-state index < -0.39 is 47.5 Å². The Balaban J connectivity index is 1.41. The monoisotopic (exact) mass is 744 g/mol. The highest BCUT2D eigenvalue weighted by atomic mass is 79.9. The molecule has 0 aliphatic carbocycles. The molecule has 4 aliphatic heterocycles. The van der Waals surface area contributed by atoms with Gasteiger partial charge in [-0.2, -0.15) is 0 Å². The van der Waals surface area contributed by atoms with Crippen LogP contribution in [0.1, 0.15) is 43.7 Å². The number of hydrogen-bond donors (Lipinski definition) is 2. The van der Waals surface area contributed by atoms with Gasteiger partial charge in [0.2, 0.25) is 17.7 Å². The predicted octanol–water partition coefficient (Wildman–Crippen LogP) is 2.22. The van der Waals surface area contributed by atoms with Crippen molar-refractivity contribution in [3.05, 3.63) is 61.2 Å². The topological polar surface area (TPSA) is 138 Å². The normalized spacial score (nSPS) is 28.2. The van der Waals surface area contributed by atoms with E-state index in [4.69, 9.17) is 14.2 Å². The van der Waals surface area contributed by atoms with Crippen molar-refractivity contribution in [2.75, 3.05) is 65.7 Å². The van der Waals surface area contributed by atoms with Gasteiger partial charge in [0.05, 0.1) is 37.2 Å². The lowest BCUT2D eigenvalue weighted by atomic mass is 9.70. The minimum absolute atomic E-state index is 0.0382. The summed E-state index contributed by atoms with van der Waals surface area (Å²) in [5, 5.41) is 12.6. The number of fused-ring (bicyclic) bond motifs is 1. The number of carbonyl (C=O) groups excluding carboxylic acids is 4. The number of likely N-dealkylation sites (tertiary alicyclic amines) is 1. The number of hydrogen-bond acceptors (Lipinski definition) is 9. The minimum atomic E-state index is -1.22. The molecular formula is C36H49BrN4O8. The second kappa shape index (κ2) is 17.2. The summed E-state index contributed by atoms with van der Waals surface area (Å²) in [6, 6.07) is 7.63. The van der Waals surface area contributed by atoms with Crippen LogP contribution in [0.3, 0.4) is 0 Å². The molecular weight excluding hydrogens is 696 g/mol. The van der Waals surface area contributed by atoms with Crippen molar-refractivity contribution in [1.82, 2.24) is 20.0 Å². The molecule has 12 nitrogen and oxygen atoms in total. The number of esters is 1. The van der Waals surface area contributed by atoms with Crippen molar-refractivity contribution in [2.45, 2.75) is 60.7 Å². The summed E-state index contributed by atoms with van der Waals surface area (Å²) in [5.41, 5.74) is -0.468. The zero-order valence-corrected chi connectivity index (χ0v) is 29.6. The van der Waals surface area contributed by atoms with E-state index in [-0.39, 0.29) is 42.8 Å². The molecule has 49 heavy (non-hydrogen) atoms. The number of unbranched alkanes of at least 4 members (excludes halogenated alkanes) is 1. The SMILES string of the molecule is C=CCCC(=O)OC[C@H](NC(=O)[C@H]1[C@@H]2O[C@@]3(CC2Br)[C@@H]1C(=O)N(CCCCO)[C@@H]3C(=O)N(CC=C)CCN1CCOCC1)c1ccccc1. The number of alkyl halides is 1. The van der Waals surface area contributed by atoms with Gasteiger partial charge < -0.3 is 34.4 Å². The molecule has 0 aromatic heterocycles. The molecule has 4 aliphatic rings. The molecule has 4 heterocycles. The van der Waals surface area contributed by atoms with Gasteiger partial charge in [0.15, 0.2) is 0 Å². The quantitative estimate of drug-likeness (QED) is 0.100. The number of benzene rings is 1. The summed E-state index contributed by atoms with van der Waals surface area (Å²) < 4.78 is 17.7. The summed E-state index contributed by atoms with van der Waals surface area (Å²) in [6.07, 6.45) is 4.69. The Hall–Kier alpha value is -3.10. The van der Waals surface area contributed by atoms with Gasteiger partial charge >= 0.3 is 5.97 Å². The van der Waals surface area contributed by atoms with Gasteiger partial charge in [-0.05, 0) is 31.2 Å². The Kier molecular flexibility index (Phi) is 13.1. The third-order valence-electron chi connectivity index (χ3n) is 10.1. The van der Waals surface area contributed by atoms with Crippen LogP contribution in [0.25, 0.3) is 0 Å². The van der Waals surface area contributed by atoms with E-state index in [0.29, 0.717) is 58.5 Å². The highest BCUT2D eigenvalue weighted by molar-refractivity contribution is 9.09. The Labute approximate surface area is 296 Å². The van der Waals surface area contributed by atoms with Crippen molar-refractivity contribution in [1.29, 1.82) is 0 Å². The number of halogens is 1. The lowest BCUT2D eigenvalue weighted by Gasteiger charge is -2.38. The maximum atomic E-state index is 14.6. The number of nitrogens with zero attached hydrogens (tertiary/aromatic N) is 3. The van der Waals surface area contributed by atoms with Crippen LogP contribution in [-0.4, -0.2) is 132 Å². The van der Waals surface area contributed by atoms with E-state index in [0.717, 1.165) is 18.7 Å². The molecule has 3 amide bonds. The molecule has 1 spiro atoms. The maximum Gasteiger partial charge on any atom is 0.306 e. The van der Waals surface area contributed by atoms with Crippen LogP contribution in [-0.2, 0) is 33.4 Å². The van der Waals surface area contributed by atoms with Gasteiger partial charge in [-0.1, -0.05) is 58.4 Å². The number of morpholine rings is 1. The first-order valence-corrected chi connectivity index (χ1v) is 18.2. The fourth-order valence-electron chi connectivity index (χ4n) is 7.69. The van der Waals surface area contributed by atoms with Gasteiger partial charge in [0, 0.05) is 57.1 Å². The largest absolute Gasteiger partial charge is 0.463 e. The van der Waals surface area contributed by atoms with E-state index in [1.165, 1.54) is 0 Å². The van der Waals surface area contributed by atoms with Crippen LogP contribution < -0.4 is 5.32 Å². The first kappa shape index (κ1) is 37.2. The predicted molar refractivity (Wildman–Crippen MR) is 185 cm³/mol. The highest BCUT2D eigenvalue weighted by Crippen LogP contribution is 2.60. The van der Waals surface area contributed by atoms with Gasteiger partial charge in [-0.3, -0.25) is 24.1 Å². The van der Waals surface area contributed by atoms with Crippen molar-refractivity contribution in [3.8, 4) is 0 Å². The zero-order valence-electron chi connectivity index (χ0n) is 28.1. The fourth-order valence-corrected chi connectivity index (χ4v) is 8.64. The standard InChI is InChI=1S/C36H49BrN4O8/c1-3-5-13-28(43)48-24-27(25-11-7-6-8-12-25)38-33(44)29-30-34(45)41(15-9-10-20-42)32(36(30)23-26(37)31(29)49-36)35(46)40(14-4-2)17-16-39-18-21-47-22-19-39/h3-4,6-8,11-12,26-27,29-32,42H,1-2,5,9-10,13-24H2,(H,38,44)/t26?,27-,29+,30-,31+,32+,36-/m0/s1. The number of rotatable bonds is 18. The molecule has 0 radical (unpaired) electrons. The van der Waals surface area contributed by atoms with E-state index in [9.17, 15) is 24.3 Å². The van der Waals surface area contributed by atoms with Gasteiger partial charge in [-0.25, -0.2) is 0 Å². The van der Waals surface area contributed by atoms with Gasteiger partial charge in [0.25, 0.3) is 0 Å². The number of allylic oxidation sites excluding steroid dienone is 1. The smallest absolute Gasteiger partial charge is 0.306 e. The van der Waals surface area contributed by atoms with Crippen LogP contribution in [0, 0.1) is 11.8 Å². The molecule has 1 aromatic rings. The number of aliphatic hydroxyl groups excluding tert-OH is 1. The maximum absolute atomic E-state index is 14.6. The summed E-state index contributed by atoms with van der Waals surface area (Å²) in [4.78, 5) is 61.1. The number of carbonyl (C=O) groups is 4. The molecule has 4 fully saturated rings. The second-order valence-corrected chi connectivity index (χ2v) is 14.3. The average molecular weight is 746 g/mol. The Morgan fingerprint density at radius 2 is 1.90 bits per heavy atom. The molecule has 1 unspecified atom stereocenters. The molecule has 13 heteroatoms. The van der Waals surface area contributed by atoms with Crippen LogP contribution in [0.5, 0.6) is 0 Å². The van der Waals surface area contributed by atoms with Crippen molar-refractivity contribution < 1.29 is 38.5 Å². The van der Waals surface area contributed by atoms with Crippen LogP contribution in [0.15, 0.2) is 55.6 Å². The molecule has 2 bridgehead atoms. The van der Waals surface area contributed by atoms with Crippen LogP contribution in [0.4, 0.5) is 0 Å². The highest BCUT2D eigenvalue weighted by Gasteiger charge is 2.76. The molecule has 4 saturated heterocycles. The molecule has 5 rings (SSSR count). The van der Waals surface area contributed by atoms with Crippen LogP contribution >= 0.6 is 15.9 Å². The minimum Gasteiger partial charge on any atom is -0.463 e. The number of ether oxygens (including phenoxy) is 3. The van der Waals surface area contributed by atoms with E-state index in [1.807, 2.05) is 30.3 Å². The molecule has 2 N–H and O–H groups in total. The summed E-state index contributed by atoms with van der Waals surface area (Å²) in [6.45, 7) is 11.9. The Morgan fingerprint density at radius 1 is 1.14 bits per heavy atom. The van der Waals surface area contributed by atoms with Crippen molar-refractivity contribution >= 4 is 39.6 Å². The Bertz CT molecular complexity index is 1340. The Morgan fingerprint density at radius 3 is 2.59 bits per heavy atom. The molecule has 0 saturated carbocycles. The van der Waals surface area contributed by atoms with Gasteiger partial charge in [0.1, 0.15) is 18.2 Å². The zero-order chi connectivity index (χ0) is 35.0. The summed E-state index contributed by atoms with van der Waals surface area (Å²) in [5.74, 6) is -3.09. The first-order chi connectivity index (χ1) is 23.7. The van der Waals surface area contributed by atoms with Gasteiger partial charge in [-0.15, -0.1) is 13.2 Å². The molecule has 268 valence electrons. The first-order valence-electron chi connectivity index (χ1n) is 17.3. The summed E-state index contributed by atoms with van der Waals surface area (Å²) >= 11 is 3.75. The number of nitrogens with one attached hydrogen (secondary N) is 1. The lowest BCUT2D eigenvalue weighted by molar-refractivity contribution is -0.148. The molecule has 7 atom stereocenters. The van der Waals surface area contributed by atoms with Crippen LogP contribution in [0.2, 0.25) is 0 Å². The summed E-state index contributed by atoms with van der Waals surface area (Å²) in [7, 11) is 0. The fraction of sp³-hybridized carbons (Fsp3) is 0.611. The van der Waals surface area contributed by atoms with E-state index in [2.05, 4.69) is 39.3 Å². The third kappa shape index (κ3) is 8.12. The average Bonchev–Trinajstić information content (AvgIpc) is 3.71.